The average Bonchev–Trinajstić information content (AvgIpc) is 3.10. The number of rotatable bonds is 4. The third-order valence-electron chi connectivity index (χ3n) is 6.06. The molecule has 26 heavy (non-hydrogen) atoms. The van der Waals surface area contributed by atoms with Crippen LogP contribution < -0.4 is 0 Å². The Morgan fingerprint density at radius 2 is 1.85 bits per heavy atom. The molecule has 0 aromatic carbocycles. The van der Waals surface area contributed by atoms with Gasteiger partial charge in [0.05, 0.1) is 17.4 Å². The van der Waals surface area contributed by atoms with Crippen molar-refractivity contribution in [3.8, 4) is 0 Å². The minimum Gasteiger partial charge on any atom is -0.338 e. The van der Waals surface area contributed by atoms with Gasteiger partial charge >= 0.3 is 0 Å². The van der Waals surface area contributed by atoms with Gasteiger partial charge in [0.15, 0.2) is 0 Å². The van der Waals surface area contributed by atoms with Crippen molar-refractivity contribution in [1.29, 1.82) is 0 Å². The molecule has 0 bridgehead atoms. The number of carbonyl (C=O) groups is 1. The van der Waals surface area contributed by atoms with Crippen molar-refractivity contribution < 1.29 is 4.79 Å². The predicted molar refractivity (Wildman–Crippen MR) is 99.0 cm³/mol. The number of hydrogen-bond acceptors (Lipinski definition) is 4. The number of pyridine rings is 1. The fourth-order valence-corrected chi connectivity index (χ4v) is 4.39. The van der Waals surface area contributed by atoms with Gasteiger partial charge in [0.1, 0.15) is 0 Å². The molecule has 2 saturated heterocycles. The number of aromatic nitrogens is 3. The summed E-state index contributed by atoms with van der Waals surface area (Å²) < 4.78 is 2.08. The molecule has 2 aliphatic heterocycles. The molecule has 1 amide bonds. The highest BCUT2D eigenvalue weighted by atomic mass is 16.2. The first-order chi connectivity index (χ1) is 12.7. The molecule has 138 valence electrons. The number of carbonyl (C=O) groups excluding carboxylic acids is 1. The highest BCUT2D eigenvalue weighted by Crippen LogP contribution is 2.42. The highest BCUT2D eigenvalue weighted by molar-refractivity contribution is 5.84. The van der Waals surface area contributed by atoms with Gasteiger partial charge in [0, 0.05) is 45.3 Å². The van der Waals surface area contributed by atoms with E-state index in [9.17, 15) is 4.79 Å². The second-order valence-electron chi connectivity index (χ2n) is 7.74. The van der Waals surface area contributed by atoms with Crippen LogP contribution in [0.4, 0.5) is 0 Å². The van der Waals surface area contributed by atoms with E-state index >= 15 is 0 Å². The van der Waals surface area contributed by atoms with Gasteiger partial charge in [0.25, 0.3) is 0 Å². The van der Waals surface area contributed by atoms with Gasteiger partial charge in [-0.25, -0.2) is 4.98 Å². The van der Waals surface area contributed by atoms with Crippen LogP contribution in [0, 0.1) is 5.41 Å². The molecule has 0 N–H and O–H groups in total. The zero-order valence-electron chi connectivity index (χ0n) is 15.5. The SMILES string of the molecule is Cn1cncc1CN1CCC[C@]2(CC1)CCN(Cc1ccncc1)C2=O. The molecule has 2 fully saturated rings. The molecular weight excluding hydrogens is 326 g/mol. The summed E-state index contributed by atoms with van der Waals surface area (Å²) in [5.74, 6) is 0.358. The normalized spacial score (nSPS) is 24.3. The van der Waals surface area contributed by atoms with Crippen LogP contribution in [0.1, 0.15) is 36.9 Å². The van der Waals surface area contributed by atoms with Crippen molar-refractivity contribution >= 4 is 5.91 Å². The van der Waals surface area contributed by atoms with Crippen LogP contribution in [-0.4, -0.2) is 49.9 Å². The van der Waals surface area contributed by atoms with E-state index in [4.69, 9.17) is 0 Å². The quantitative estimate of drug-likeness (QED) is 0.846. The standard InChI is InChI=1S/C20H27N5O/c1-23-16-22-13-18(23)15-24-10-2-5-20(6-11-24)7-12-25(19(20)26)14-17-3-8-21-9-4-17/h3-4,8-9,13,16H,2,5-7,10-12,14-15H2,1H3/t20-/m0/s1. The van der Waals surface area contributed by atoms with Crippen LogP contribution in [0.25, 0.3) is 0 Å². The van der Waals surface area contributed by atoms with Crippen LogP contribution in [0.5, 0.6) is 0 Å². The van der Waals surface area contributed by atoms with E-state index in [1.807, 2.05) is 36.6 Å². The maximum atomic E-state index is 13.2. The zero-order chi connectivity index (χ0) is 18.0. The molecule has 1 atom stereocenters. The number of likely N-dealkylation sites (tertiary alicyclic amines) is 2. The summed E-state index contributed by atoms with van der Waals surface area (Å²) >= 11 is 0. The molecule has 6 heteroatoms. The van der Waals surface area contributed by atoms with Crippen molar-refractivity contribution in [2.45, 2.75) is 38.8 Å². The molecular formula is C20H27N5O. The Kier molecular flexibility index (Phi) is 4.76. The Bertz CT molecular complexity index is 759. The molecule has 4 rings (SSSR count). The van der Waals surface area contributed by atoms with E-state index in [0.717, 1.165) is 57.4 Å². The molecule has 0 saturated carbocycles. The summed E-state index contributed by atoms with van der Waals surface area (Å²) in [6.45, 7) is 4.55. The summed E-state index contributed by atoms with van der Waals surface area (Å²) in [7, 11) is 2.04. The smallest absolute Gasteiger partial charge is 0.229 e. The molecule has 6 nitrogen and oxygen atoms in total. The Hall–Kier alpha value is -2.21. The number of imidazole rings is 1. The van der Waals surface area contributed by atoms with Crippen molar-refractivity contribution in [3.05, 3.63) is 48.3 Å². The number of aryl methyl sites for hydroxylation is 1. The summed E-state index contributed by atoms with van der Waals surface area (Å²) in [5, 5.41) is 0. The summed E-state index contributed by atoms with van der Waals surface area (Å²) in [5.41, 5.74) is 2.25. The maximum Gasteiger partial charge on any atom is 0.229 e. The minimum absolute atomic E-state index is 0.145. The minimum atomic E-state index is -0.145. The third-order valence-corrected chi connectivity index (χ3v) is 6.06. The van der Waals surface area contributed by atoms with E-state index in [1.54, 1.807) is 12.4 Å². The number of nitrogens with zero attached hydrogens (tertiary/aromatic N) is 5. The average molecular weight is 353 g/mol. The molecule has 0 radical (unpaired) electrons. The topological polar surface area (TPSA) is 54.3 Å². The Morgan fingerprint density at radius 3 is 2.62 bits per heavy atom. The molecule has 0 unspecified atom stereocenters. The largest absolute Gasteiger partial charge is 0.338 e. The zero-order valence-corrected chi connectivity index (χ0v) is 15.5. The lowest BCUT2D eigenvalue weighted by atomic mass is 9.79. The summed E-state index contributed by atoms with van der Waals surface area (Å²) in [6, 6.07) is 4.00. The van der Waals surface area contributed by atoms with Crippen LogP contribution >= 0.6 is 0 Å². The van der Waals surface area contributed by atoms with Crippen LogP contribution in [0.15, 0.2) is 37.1 Å². The fraction of sp³-hybridized carbons (Fsp3) is 0.550. The van der Waals surface area contributed by atoms with E-state index < -0.39 is 0 Å². The Balaban J connectivity index is 1.40. The second kappa shape index (κ2) is 7.19. The Morgan fingerprint density at radius 1 is 1.04 bits per heavy atom. The highest BCUT2D eigenvalue weighted by Gasteiger charge is 2.46. The van der Waals surface area contributed by atoms with Gasteiger partial charge in [0.2, 0.25) is 5.91 Å². The molecule has 1 spiro atoms. The number of amides is 1. The van der Waals surface area contributed by atoms with Crippen molar-refractivity contribution in [3.63, 3.8) is 0 Å². The van der Waals surface area contributed by atoms with E-state index in [-0.39, 0.29) is 5.41 Å². The molecule has 2 aromatic rings. The van der Waals surface area contributed by atoms with Crippen molar-refractivity contribution in [2.75, 3.05) is 19.6 Å². The lowest BCUT2D eigenvalue weighted by Gasteiger charge is -2.27. The molecule has 0 aliphatic carbocycles. The van der Waals surface area contributed by atoms with E-state index in [1.165, 1.54) is 5.69 Å². The van der Waals surface area contributed by atoms with Gasteiger partial charge in [-0.05, 0) is 56.5 Å². The van der Waals surface area contributed by atoms with Crippen LogP contribution in [-0.2, 0) is 24.9 Å². The van der Waals surface area contributed by atoms with Gasteiger partial charge in [-0.1, -0.05) is 0 Å². The van der Waals surface area contributed by atoms with Crippen molar-refractivity contribution in [2.24, 2.45) is 12.5 Å². The van der Waals surface area contributed by atoms with Gasteiger partial charge in [-0.15, -0.1) is 0 Å². The number of hydrogen-bond donors (Lipinski definition) is 0. The summed E-state index contributed by atoms with van der Waals surface area (Å²) in [4.78, 5) is 26.0. The lowest BCUT2D eigenvalue weighted by molar-refractivity contribution is -0.137. The molecule has 2 aliphatic rings. The van der Waals surface area contributed by atoms with Crippen LogP contribution in [0.3, 0.4) is 0 Å². The van der Waals surface area contributed by atoms with Gasteiger partial charge in [-0.3, -0.25) is 14.7 Å². The van der Waals surface area contributed by atoms with Crippen molar-refractivity contribution in [1.82, 2.24) is 24.3 Å². The first-order valence-corrected chi connectivity index (χ1v) is 9.52. The lowest BCUT2D eigenvalue weighted by Crippen LogP contribution is -2.35. The fourth-order valence-electron chi connectivity index (χ4n) is 4.39. The Labute approximate surface area is 154 Å². The molecule has 4 heterocycles. The summed E-state index contributed by atoms with van der Waals surface area (Å²) in [6.07, 6.45) is 11.5. The molecule has 2 aromatic heterocycles. The van der Waals surface area contributed by atoms with Crippen LogP contribution in [0.2, 0.25) is 0 Å². The first-order valence-electron chi connectivity index (χ1n) is 9.52. The first kappa shape index (κ1) is 17.2. The third kappa shape index (κ3) is 3.38. The van der Waals surface area contributed by atoms with Gasteiger partial charge < -0.3 is 9.47 Å². The monoisotopic (exact) mass is 353 g/mol. The van der Waals surface area contributed by atoms with E-state index in [0.29, 0.717) is 12.5 Å². The maximum absolute atomic E-state index is 13.2. The second-order valence-corrected chi connectivity index (χ2v) is 7.74. The predicted octanol–water partition coefficient (Wildman–Crippen LogP) is 2.22. The van der Waals surface area contributed by atoms with Gasteiger partial charge in [-0.2, -0.15) is 0 Å². The van der Waals surface area contributed by atoms with E-state index in [2.05, 4.69) is 19.4 Å².